The van der Waals surface area contributed by atoms with Gasteiger partial charge in [-0.1, -0.05) is 12.1 Å². The molecule has 7 nitrogen and oxygen atoms in total. The second-order valence-corrected chi connectivity index (χ2v) is 6.48. The van der Waals surface area contributed by atoms with Gasteiger partial charge in [0.1, 0.15) is 12.4 Å². The number of carbonyl (C=O) groups is 2. The third-order valence-electron chi connectivity index (χ3n) is 4.78. The van der Waals surface area contributed by atoms with Crippen molar-refractivity contribution in [3.05, 3.63) is 35.6 Å². The van der Waals surface area contributed by atoms with Gasteiger partial charge in [-0.2, -0.15) is 0 Å². The highest BCUT2D eigenvalue weighted by molar-refractivity contribution is 5.86. The fraction of sp³-hybridized carbons (Fsp3) is 0.556. The van der Waals surface area contributed by atoms with Crippen molar-refractivity contribution in [2.75, 3.05) is 53.0 Å². The van der Waals surface area contributed by atoms with Gasteiger partial charge in [0.05, 0.1) is 19.3 Å². The second-order valence-electron chi connectivity index (χ2n) is 6.48. The van der Waals surface area contributed by atoms with Gasteiger partial charge in [-0.3, -0.25) is 14.5 Å². The minimum Gasteiger partial charge on any atom is -0.379 e. The zero-order valence-electron chi connectivity index (χ0n) is 14.8. The van der Waals surface area contributed by atoms with Gasteiger partial charge < -0.3 is 19.7 Å². The predicted octanol–water partition coefficient (Wildman–Crippen LogP) is 0.172. The van der Waals surface area contributed by atoms with E-state index >= 15 is 0 Å². The minimum absolute atomic E-state index is 0.143. The molecular formula is C18H24FN3O4. The molecule has 0 spiro atoms. The standard InChI is InChI=1S/C18H24FN3O4/c1-21-15(23)12-26-17(16(21)13-2-4-14(19)5-3-13)18(24)20-6-7-22-8-10-25-11-9-22/h2-5,16-17H,6-12H2,1H3,(H,20,24)/t16-,17+/m1/s1. The van der Waals surface area contributed by atoms with E-state index in [1.807, 2.05) is 0 Å². The number of ether oxygens (including phenoxy) is 2. The van der Waals surface area contributed by atoms with Crippen LogP contribution in [0.25, 0.3) is 0 Å². The Hall–Kier alpha value is -2.03. The van der Waals surface area contributed by atoms with E-state index in [-0.39, 0.29) is 24.2 Å². The Labute approximate surface area is 152 Å². The Morgan fingerprint density at radius 3 is 2.65 bits per heavy atom. The van der Waals surface area contributed by atoms with Gasteiger partial charge in [0.15, 0.2) is 6.10 Å². The number of nitrogens with one attached hydrogen (secondary N) is 1. The van der Waals surface area contributed by atoms with Crippen LogP contribution in [0.4, 0.5) is 4.39 Å². The third-order valence-corrected chi connectivity index (χ3v) is 4.78. The molecule has 0 saturated carbocycles. The van der Waals surface area contributed by atoms with Crippen molar-refractivity contribution in [1.29, 1.82) is 0 Å². The number of hydrogen-bond acceptors (Lipinski definition) is 5. The Morgan fingerprint density at radius 2 is 1.96 bits per heavy atom. The fourth-order valence-electron chi connectivity index (χ4n) is 3.25. The normalized spacial score (nSPS) is 24.5. The van der Waals surface area contributed by atoms with Crippen LogP contribution >= 0.6 is 0 Å². The van der Waals surface area contributed by atoms with Crippen LogP contribution in [0.1, 0.15) is 11.6 Å². The van der Waals surface area contributed by atoms with Gasteiger partial charge >= 0.3 is 0 Å². The van der Waals surface area contributed by atoms with E-state index in [9.17, 15) is 14.0 Å². The number of morpholine rings is 2. The molecule has 26 heavy (non-hydrogen) atoms. The lowest BCUT2D eigenvalue weighted by atomic mass is 9.97. The van der Waals surface area contributed by atoms with Crippen molar-refractivity contribution in [1.82, 2.24) is 15.1 Å². The molecule has 3 rings (SSSR count). The van der Waals surface area contributed by atoms with E-state index in [1.54, 1.807) is 19.2 Å². The summed E-state index contributed by atoms with van der Waals surface area (Å²) in [4.78, 5) is 28.4. The second kappa shape index (κ2) is 8.57. The van der Waals surface area contributed by atoms with Crippen molar-refractivity contribution in [2.45, 2.75) is 12.1 Å². The summed E-state index contributed by atoms with van der Waals surface area (Å²) >= 11 is 0. The third kappa shape index (κ3) is 4.38. The largest absolute Gasteiger partial charge is 0.379 e. The van der Waals surface area contributed by atoms with E-state index in [2.05, 4.69) is 10.2 Å². The fourth-order valence-corrected chi connectivity index (χ4v) is 3.25. The van der Waals surface area contributed by atoms with Gasteiger partial charge in [-0.05, 0) is 17.7 Å². The zero-order valence-corrected chi connectivity index (χ0v) is 14.8. The first-order valence-corrected chi connectivity index (χ1v) is 8.77. The molecule has 2 aliphatic heterocycles. The summed E-state index contributed by atoms with van der Waals surface area (Å²) in [6.07, 6.45) is -0.826. The van der Waals surface area contributed by atoms with Crippen LogP contribution in [-0.4, -0.2) is 80.8 Å². The number of hydrogen-bond donors (Lipinski definition) is 1. The Balaban J connectivity index is 1.63. The molecule has 1 aromatic carbocycles. The zero-order chi connectivity index (χ0) is 18.5. The van der Waals surface area contributed by atoms with Crippen molar-refractivity contribution in [3.8, 4) is 0 Å². The summed E-state index contributed by atoms with van der Waals surface area (Å²) in [7, 11) is 1.63. The number of carbonyl (C=O) groups excluding carboxylic acids is 2. The molecule has 1 aromatic rings. The Kier molecular flexibility index (Phi) is 6.18. The summed E-state index contributed by atoms with van der Waals surface area (Å²) in [6.45, 7) is 4.20. The summed E-state index contributed by atoms with van der Waals surface area (Å²) < 4.78 is 24.1. The number of nitrogens with zero attached hydrogens (tertiary/aromatic N) is 2. The maximum Gasteiger partial charge on any atom is 0.251 e. The molecule has 2 atom stereocenters. The van der Waals surface area contributed by atoms with Crippen LogP contribution in [0.2, 0.25) is 0 Å². The van der Waals surface area contributed by atoms with E-state index in [4.69, 9.17) is 9.47 Å². The molecule has 2 amide bonds. The van der Waals surface area contributed by atoms with E-state index in [1.165, 1.54) is 17.0 Å². The molecule has 0 radical (unpaired) electrons. The monoisotopic (exact) mass is 365 g/mol. The van der Waals surface area contributed by atoms with E-state index < -0.39 is 12.1 Å². The molecule has 0 bridgehead atoms. The summed E-state index contributed by atoms with van der Waals surface area (Å²) in [5.41, 5.74) is 0.662. The smallest absolute Gasteiger partial charge is 0.251 e. The highest BCUT2D eigenvalue weighted by atomic mass is 19.1. The highest BCUT2D eigenvalue weighted by Gasteiger charge is 2.39. The first-order valence-electron chi connectivity index (χ1n) is 8.77. The molecule has 0 aromatic heterocycles. The topological polar surface area (TPSA) is 71.1 Å². The van der Waals surface area contributed by atoms with E-state index in [0.717, 1.165) is 19.6 Å². The number of amides is 2. The SMILES string of the molecule is CN1C(=O)CO[C@H](C(=O)NCCN2CCOCC2)[C@H]1c1ccc(F)cc1. The van der Waals surface area contributed by atoms with Crippen LogP contribution in [0, 0.1) is 5.82 Å². The number of rotatable bonds is 5. The first-order chi connectivity index (χ1) is 12.6. The maximum atomic E-state index is 13.2. The average Bonchev–Trinajstić information content (AvgIpc) is 2.65. The molecular weight excluding hydrogens is 341 g/mol. The lowest BCUT2D eigenvalue weighted by Crippen LogP contribution is -2.53. The van der Waals surface area contributed by atoms with Crippen molar-refractivity contribution >= 4 is 11.8 Å². The van der Waals surface area contributed by atoms with Gasteiger partial charge in [-0.15, -0.1) is 0 Å². The van der Waals surface area contributed by atoms with Crippen molar-refractivity contribution < 1.29 is 23.5 Å². The molecule has 0 aliphatic carbocycles. The minimum atomic E-state index is -0.826. The summed E-state index contributed by atoms with van der Waals surface area (Å²) in [5.74, 6) is -0.852. The quantitative estimate of drug-likeness (QED) is 0.806. The molecule has 2 fully saturated rings. The van der Waals surface area contributed by atoms with Gasteiger partial charge in [0.2, 0.25) is 5.91 Å². The Bertz CT molecular complexity index is 634. The highest BCUT2D eigenvalue weighted by Crippen LogP contribution is 2.29. The van der Waals surface area contributed by atoms with Crippen LogP contribution < -0.4 is 5.32 Å². The summed E-state index contributed by atoms with van der Waals surface area (Å²) in [5, 5.41) is 2.89. The Morgan fingerprint density at radius 1 is 1.27 bits per heavy atom. The van der Waals surface area contributed by atoms with Crippen LogP contribution in [-0.2, 0) is 19.1 Å². The number of benzene rings is 1. The van der Waals surface area contributed by atoms with Crippen molar-refractivity contribution in [2.24, 2.45) is 0 Å². The first kappa shape index (κ1) is 18.8. The molecule has 8 heteroatoms. The van der Waals surface area contributed by atoms with Crippen LogP contribution in [0.3, 0.4) is 0 Å². The van der Waals surface area contributed by atoms with Crippen LogP contribution in [0.5, 0.6) is 0 Å². The summed E-state index contributed by atoms with van der Waals surface area (Å²) in [6, 6.07) is 5.20. The van der Waals surface area contributed by atoms with Gasteiger partial charge in [0, 0.05) is 33.2 Å². The molecule has 2 saturated heterocycles. The lowest BCUT2D eigenvalue weighted by molar-refractivity contribution is -0.162. The lowest BCUT2D eigenvalue weighted by Gasteiger charge is -2.38. The van der Waals surface area contributed by atoms with Gasteiger partial charge in [0.25, 0.3) is 5.91 Å². The van der Waals surface area contributed by atoms with E-state index in [0.29, 0.717) is 25.3 Å². The number of halogens is 1. The molecule has 2 heterocycles. The predicted molar refractivity (Wildman–Crippen MR) is 91.9 cm³/mol. The molecule has 0 unspecified atom stereocenters. The van der Waals surface area contributed by atoms with Gasteiger partial charge in [-0.25, -0.2) is 4.39 Å². The number of likely N-dealkylation sites (N-methyl/N-ethyl adjacent to an activating group) is 1. The molecule has 1 N–H and O–H groups in total. The molecule has 2 aliphatic rings. The average molecular weight is 365 g/mol. The van der Waals surface area contributed by atoms with Crippen molar-refractivity contribution in [3.63, 3.8) is 0 Å². The van der Waals surface area contributed by atoms with Crippen LogP contribution in [0.15, 0.2) is 24.3 Å². The maximum absolute atomic E-state index is 13.2. The molecule has 142 valence electrons.